The Morgan fingerprint density at radius 1 is 1.07 bits per heavy atom. The van der Waals surface area contributed by atoms with Crippen molar-refractivity contribution in [3.8, 4) is 5.75 Å². The topological polar surface area (TPSA) is 63.5 Å². The van der Waals surface area contributed by atoms with Crippen LogP contribution in [-0.4, -0.2) is 35.7 Å². The molecule has 0 bridgehead atoms. The second-order valence-corrected chi connectivity index (χ2v) is 6.44. The molecule has 6 nitrogen and oxygen atoms in total. The number of aromatic nitrogens is 2. The lowest BCUT2D eigenvalue weighted by atomic mass is 10.1. The van der Waals surface area contributed by atoms with Crippen LogP contribution in [-0.2, 0) is 13.1 Å². The number of rotatable bonds is 8. The fourth-order valence-electron chi connectivity index (χ4n) is 2.87. The van der Waals surface area contributed by atoms with Gasteiger partial charge in [-0.3, -0.25) is 4.99 Å². The molecule has 0 fully saturated rings. The first-order chi connectivity index (χ1) is 13.7. The Morgan fingerprint density at radius 2 is 1.86 bits per heavy atom. The van der Waals surface area contributed by atoms with Crippen LogP contribution in [0.15, 0.2) is 72.0 Å². The van der Waals surface area contributed by atoms with Crippen LogP contribution < -0.4 is 15.4 Å². The predicted molar refractivity (Wildman–Crippen MR) is 128 cm³/mol. The van der Waals surface area contributed by atoms with Gasteiger partial charge in [0.25, 0.3) is 0 Å². The molecule has 0 aliphatic carbocycles. The maximum atomic E-state index is 5.69. The van der Waals surface area contributed by atoms with Gasteiger partial charge in [0, 0.05) is 32.5 Å². The molecule has 1 heterocycles. The molecule has 3 rings (SSSR count). The van der Waals surface area contributed by atoms with E-state index < -0.39 is 0 Å². The van der Waals surface area contributed by atoms with E-state index in [-0.39, 0.29) is 24.0 Å². The van der Waals surface area contributed by atoms with Gasteiger partial charge in [-0.25, -0.2) is 4.98 Å². The molecule has 29 heavy (non-hydrogen) atoms. The molecule has 7 heteroatoms. The van der Waals surface area contributed by atoms with E-state index in [9.17, 15) is 0 Å². The van der Waals surface area contributed by atoms with Crippen LogP contribution in [0.4, 0.5) is 0 Å². The van der Waals surface area contributed by atoms with Gasteiger partial charge in [-0.2, -0.15) is 0 Å². The minimum absolute atomic E-state index is 0. The largest absolute Gasteiger partial charge is 0.492 e. The molecule has 3 aromatic rings. The summed E-state index contributed by atoms with van der Waals surface area (Å²) in [6.07, 6.45) is 3.83. The minimum atomic E-state index is 0. The number of aryl methyl sites for hydroxylation is 1. The summed E-state index contributed by atoms with van der Waals surface area (Å²) in [5.41, 5.74) is 2.46. The maximum absolute atomic E-state index is 5.69. The average molecular weight is 505 g/mol. The van der Waals surface area contributed by atoms with E-state index >= 15 is 0 Å². The number of hydrogen-bond acceptors (Lipinski definition) is 3. The molecule has 0 aliphatic rings. The van der Waals surface area contributed by atoms with Gasteiger partial charge in [0.15, 0.2) is 5.96 Å². The number of guanidine groups is 1. The second-order valence-electron chi connectivity index (χ2n) is 6.44. The van der Waals surface area contributed by atoms with Gasteiger partial charge >= 0.3 is 0 Å². The van der Waals surface area contributed by atoms with Crippen LogP contribution in [0.25, 0.3) is 0 Å². The molecular weight excluding hydrogens is 477 g/mol. The molecule has 2 N–H and O–H groups in total. The van der Waals surface area contributed by atoms with E-state index in [0.717, 1.165) is 24.1 Å². The van der Waals surface area contributed by atoms with Crippen molar-refractivity contribution in [2.75, 3.05) is 20.2 Å². The zero-order valence-electron chi connectivity index (χ0n) is 16.8. The van der Waals surface area contributed by atoms with Gasteiger partial charge in [-0.1, -0.05) is 42.5 Å². The molecule has 0 spiro atoms. The van der Waals surface area contributed by atoms with Gasteiger partial charge in [-0.15, -0.1) is 24.0 Å². The summed E-state index contributed by atoms with van der Waals surface area (Å²) in [4.78, 5) is 8.55. The third-order valence-electron chi connectivity index (χ3n) is 4.36. The molecule has 1 aromatic heterocycles. The lowest BCUT2D eigenvalue weighted by molar-refractivity contribution is 0.322. The normalized spacial score (nSPS) is 10.9. The van der Waals surface area contributed by atoms with Gasteiger partial charge in [-0.05, 0) is 30.2 Å². The molecule has 0 amide bonds. The highest BCUT2D eigenvalue weighted by molar-refractivity contribution is 14.0. The summed E-state index contributed by atoms with van der Waals surface area (Å²) < 4.78 is 7.82. The highest BCUT2D eigenvalue weighted by Crippen LogP contribution is 2.09. The Kier molecular flexibility index (Phi) is 9.49. The van der Waals surface area contributed by atoms with Crippen LogP contribution in [0.1, 0.15) is 17.0 Å². The number of halogens is 1. The first kappa shape index (κ1) is 22.7. The molecule has 0 unspecified atom stereocenters. The van der Waals surface area contributed by atoms with Crippen LogP contribution in [0.2, 0.25) is 0 Å². The molecule has 0 saturated carbocycles. The Morgan fingerprint density at radius 3 is 2.59 bits per heavy atom. The summed E-state index contributed by atoms with van der Waals surface area (Å²) in [5.74, 6) is 2.65. The first-order valence-corrected chi connectivity index (χ1v) is 9.42. The quantitative estimate of drug-likeness (QED) is 0.213. The molecule has 2 aromatic carbocycles. The molecular formula is C22H28IN5O. The van der Waals surface area contributed by atoms with Gasteiger partial charge in [0.05, 0.1) is 6.54 Å². The summed E-state index contributed by atoms with van der Waals surface area (Å²) in [6, 6.07) is 18.3. The van der Waals surface area contributed by atoms with E-state index in [2.05, 4.69) is 49.4 Å². The fraction of sp³-hybridized carbons (Fsp3) is 0.273. The standard InChI is InChI=1S/C22H27N5O.HI/c1-18-24-11-13-27(18)17-20-8-6-7-19(15-20)16-26-22(23-2)25-12-14-28-21-9-4-3-5-10-21;/h3-11,13,15H,12,14,16-17H2,1-2H3,(H2,23,25,26);1H. The van der Waals surface area contributed by atoms with Crippen LogP contribution in [0.3, 0.4) is 0 Å². The Bertz CT molecular complexity index is 895. The molecule has 0 atom stereocenters. The third-order valence-corrected chi connectivity index (χ3v) is 4.36. The number of benzene rings is 2. The monoisotopic (exact) mass is 505 g/mol. The molecule has 154 valence electrons. The third kappa shape index (κ3) is 7.41. The SMILES string of the molecule is CN=C(NCCOc1ccccc1)NCc1cccc(Cn2ccnc2C)c1.I. The highest BCUT2D eigenvalue weighted by Gasteiger charge is 2.02. The van der Waals surface area contributed by atoms with E-state index in [1.807, 2.05) is 49.6 Å². The smallest absolute Gasteiger partial charge is 0.191 e. The number of nitrogens with zero attached hydrogens (tertiary/aromatic N) is 3. The average Bonchev–Trinajstić information content (AvgIpc) is 3.13. The summed E-state index contributed by atoms with van der Waals surface area (Å²) in [5, 5.41) is 6.62. The van der Waals surface area contributed by atoms with Crippen LogP contribution in [0.5, 0.6) is 5.75 Å². The predicted octanol–water partition coefficient (Wildman–Crippen LogP) is 3.60. The number of para-hydroxylation sites is 1. The van der Waals surface area contributed by atoms with Gasteiger partial charge in [0.1, 0.15) is 18.2 Å². The van der Waals surface area contributed by atoms with Gasteiger partial charge < -0.3 is 19.9 Å². The zero-order valence-corrected chi connectivity index (χ0v) is 19.2. The summed E-state index contributed by atoms with van der Waals surface area (Å²) >= 11 is 0. The van der Waals surface area contributed by atoms with Crippen molar-refractivity contribution in [1.29, 1.82) is 0 Å². The summed E-state index contributed by atoms with van der Waals surface area (Å²) in [6.45, 7) is 4.79. The number of aliphatic imine (C=N–C) groups is 1. The van der Waals surface area contributed by atoms with Crippen molar-refractivity contribution < 1.29 is 4.74 Å². The lowest BCUT2D eigenvalue weighted by Crippen LogP contribution is -2.38. The molecule has 0 saturated heterocycles. The Labute approximate surface area is 189 Å². The number of ether oxygens (including phenoxy) is 1. The van der Waals surface area contributed by atoms with Crippen LogP contribution >= 0.6 is 24.0 Å². The Balaban J connectivity index is 0.00000300. The lowest BCUT2D eigenvalue weighted by Gasteiger charge is -2.13. The van der Waals surface area contributed by atoms with E-state index in [1.165, 1.54) is 11.1 Å². The van der Waals surface area contributed by atoms with Crippen molar-refractivity contribution in [2.24, 2.45) is 4.99 Å². The molecule has 0 radical (unpaired) electrons. The minimum Gasteiger partial charge on any atom is -0.492 e. The van der Waals surface area contributed by atoms with Crippen LogP contribution in [0, 0.1) is 6.92 Å². The Hall–Kier alpha value is -2.55. The van der Waals surface area contributed by atoms with Crippen molar-refractivity contribution in [3.05, 3.63) is 83.9 Å². The zero-order chi connectivity index (χ0) is 19.6. The van der Waals surface area contributed by atoms with Crippen molar-refractivity contribution in [1.82, 2.24) is 20.2 Å². The van der Waals surface area contributed by atoms with Crippen molar-refractivity contribution >= 4 is 29.9 Å². The van der Waals surface area contributed by atoms with E-state index in [4.69, 9.17) is 4.74 Å². The molecule has 0 aliphatic heterocycles. The summed E-state index contributed by atoms with van der Waals surface area (Å²) in [7, 11) is 1.77. The second kappa shape index (κ2) is 12.1. The number of hydrogen-bond donors (Lipinski definition) is 2. The number of imidazole rings is 1. The van der Waals surface area contributed by atoms with E-state index in [1.54, 1.807) is 7.05 Å². The maximum Gasteiger partial charge on any atom is 0.191 e. The number of nitrogens with one attached hydrogen (secondary N) is 2. The van der Waals surface area contributed by atoms with Gasteiger partial charge in [0.2, 0.25) is 0 Å². The van der Waals surface area contributed by atoms with Crippen molar-refractivity contribution in [2.45, 2.75) is 20.0 Å². The highest BCUT2D eigenvalue weighted by atomic mass is 127. The van der Waals surface area contributed by atoms with E-state index in [0.29, 0.717) is 19.7 Å². The first-order valence-electron chi connectivity index (χ1n) is 9.42. The fourth-order valence-corrected chi connectivity index (χ4v) is 2.87. The van der Waals surface area contributed by atoms with Crippen molar-refractivity contribution in [3.63, 3.8) is 0 Å².